The molecule has 1 amide bonds. The summed E-state index contributed by atoms with van der Waals surface area (Å²) in [6.07, 6.45) is -4.98. The van der Waals surface area contributed by atoms with E-state index in [0.717, 1.165) is 6.07 Å². The number of hydrogen-bond donors (Lipinski definition) is 1. The minimum atomic E-state index is -4.98. The van der Waals surface area contributed by atoms with Gasteiger partial charge in [0.1, 0.15) is 17.1 Å². The van der Waals surface area contributed by atoms with E-state index in [4.69, 9.17) is 37.1 Å². The van der Waals surface area contributed by atoms with Crippen LogP contribution in [0.5, 0.6) is 11.5 Å². The lowest BCUT2D eigenvalue weighted by Gasteiger charge is -2.15. The van der Waals surface area contributed by atoms with E-state index in [-0.39, 0.29) is 38.7 Å². The van der Waals surface area contributed by atoms with Gasteiger partial charge < -0.3 is 19.2 Å². The molecule has 6 nitrogen and oxygen atoms in total. The summed E-state index contributed by atoms with van der Waals surface area (Å²) in [5, 5.41) is 3.02. The van der Waals surface area contributed by atoms with Gasteiger partial charge >= 0.3 is 6.18 Å². The van der Waals surface area contributed by atoms with Crippen LogP contribution in [0, 0.1) is 0 Å². The molecule has 0 unspecified atom stereocenters. The van der Waals surface area contributed by atoms with Crippen LogP contribution in [0.2, 0.25) is 10.0 Å². The molecule has 1 N–H and O–H groups in total. The van der Waals surface area contributed by atoms with Crippen LogP contribution >= 0.6 is 23.2 Å². The molecule has 0 aliphatic heterocycles. The minimum Gasteiger partial charge on any atom is -0.496 e. The maximum absolute atomic E-state index is 13.9. The summed E-state index contributed by atoms with van der Waals surface area (Å²) in [5.74, 6) is -1.98. The van der Waals surface area contributed by atoms with Gasteiger partial charge in [0.2, 0.25) is 11.2 Å². The van der Waals surface area contributed by atoms with Crippen molar-refractivity contribution in [2.24, 2.45) is 0 Å². The first-order valence-corrected chi connectivity index (χ1v) is 11.0. The molecule has 1 heterocycles. The van der Waals surface area contributed by atoms with Crippen molar-refractivity contribution in [3.8, 4) is 22.6 Å². The fourth-order valence-electron chi connectivity index (χ4n) is 3.49. The van der Waals surface area contributed by atoms with Crippen molar-refractivity contribution in [2.75, 3.05) is 19.0 Å². The number of anilines is 1. The van der Waals surface area contributed by atoms with E-state index in [0.29, 0.717) is 5.02 Å². The highest BCUT2D eigenvalue weighted by atomic mass is 35.5. The Morgan fingerprint density at radius 1 is 1.06 bits per heavy atom. The lowest BCUT2D eigenvalue weighted by atomic mass is 10.0. The zero-order valence-electron chi connectivity index (χ0n) is 18.4. The summed E-state index contributed by atoms with van der Waals surface area (Å²) in [4.78, 5) is 25.4. The number of benzene rings is 3. The van der Waals surface area contributed by atoms with Crippen LogP contribution in [0.25, 0.3) is 22.1 Å². The van der Waals surface area contributed by atoms with Crippen LogP contribution in [0.3, 0.4) is 0 Å². The number of methoxy groups -OCH3 is 1. The molecule has 0 aliphatic rings. The molecule has 0 radical (unpaired) electrons. The summed E-state index contributed by atoms with van der Waals surface area (Å²) in [7, 11) is 1.29. The molecule has 0 fully saturated rings. The van der Waals surface area contributed by atoms with Crippen LogP contribution in [0.1, 0.15) is 5.76 Å². The molecule has 0 aliphatic carbocycles. The van der Waals surface area contributed by atoms with Crippen LogP contribution in [-0.2, 0) is 11.0 Å². The third-order valence-electron chi connectivity index (χ3n) is 5.07. The second kappa shape index (κ2) is 10.1. The van der Waals surface area contributed by atoms with Gasteiger partial charge in [0.05, 0.1) is 28.8 Å². The van der Waals surface area contributed by atoms with Crippen molar-refractivity contribution in [3.63, 3.8) is 0 Å². The zero-order chi connectivity index (χ0) is 26.0. The Morgan fingerprint density at radius 2 is 1.81 bits per heavy atom. The molecule has 0 saturated heterocycles. The van der Waals surface area contributed by atoms with E-state index in [1.165, 1.54) is 49.6 Å². The van der Waals surface area contributed by atoms with E-state index < -0.39 is 35.4 Å². The topological polar surface area (TPSA) is 77.8 Å². The number of fused-ring (bicyclic) bond motifs is 1. The van der Waals surface area contributed by atoms with Crippen LogP contribution in [0.4, 0.5) is 18.9 Å². The third-order valence-corrected chi connectivity index (χ3v) is 5.63. The fraction of sp³-hybridized carbons (Fsp3) is 0.120. The first-order valence-electron chi connectivity index (χ1n) is 10.3. The first kappa shape index (κ1) is 25.4. The highest BCUT2D eigenvalue weighted by Gasteiger charge is 2.40. The second-order valence-electron chi connectivity index (χ2n) is 7.45. The molecule has 0 saturated carbocycles. The highest BCUT2D eigenvalue weighted by molar-refractivity contribution is 6.35. The SMILES string of the molecule is COc1ccccc1-c1c(C(F)(F)F)oc2cc(OCC(=O)Nc3cc(Cl)ccc3Cl)ccc2c1=O. The van der Waals surface area contributed by atoms with E-state index in [1.54, 1.807) is 12.1 Å². The van der Waals surface area contributed by atoms with Gasteiger partial charge in [0.25, 0.3) is 5.91 Å². The fourth-order valence-corrected chi connectivity index (χ4v) is 3.82. The van der Waals surface area contributed by atoms with Gasteiger partial charge in [0, 0.05) is 16.7 Å². The number of halogens is 5. The van der Waals surface area contributed by atoms with Crippen LogP contribution in [-0.4, -0.2) is 19.6 Å². The molecular weight excluding hydrogens is 522 g/mol. The molecule has 11 heteroatoms. The van der Waals surface area contributed by atoms with Crippen LogP contribution < -0.4 is 20.2 Å². The van der Waals surface area contributed by atoms with Crippen molar-refractivity contribution in [1.82, 2.24) is 0 Å². The molecule has 1 aromatic heterocycles. The van der Waals surface area contributed by atoms with Crippen molar-refractivity contribution in [2.45, 2.75) is 6.18 Å². The predicted octanol–water partition coefficient (Wildman–Crippen LogP) is 6.81. The monoisotopic (exact) mass is 537 g/mol. The number of amides is 1. The van der Waals surface area contributed by atoms with Crippen LogP contribution in [0.15, 0.2) is 69.9 Å². The number of carbonyl (C=O) groups is 1. The number of nitrogens with one attached hydrogen (secondary N) is 1. The Labute approximate surface area is 212 Å². The molecule has 0 bridgehead atoms. The molecule has 3 aromatic carbocycles. The van der Waals surface area contributed by atoms with Gasteiger partial charge in [-0.25, -0.2) is 0 Å². The summed E-state index contributed by atoms with van der Waals surface area (Å²) >= 11 is 11.9. The van der Waals surface area contributed by atoms with E-state index in [1.807, 2.05) is 0 Å². The maximum Gasteiger partial charge on any atom is 0.450 e. The summed E-state index contributed by atoms with van der Waals surface area (Å²) in [5.41, 5.74) is -1.71. The van der Waals surface area contributed by atoms with Gasteiger partial charge in [-0.1, -0.05) is 41.4 Å². The van der Waals surface area contributed by atoms with Gasteiger partial charge in [-0.3, -0.25) is 9.59 Å². The zero-order valence-corrected chi connectivity index (χ0v) is 19.9. The summed E-state index contributed by atoms with van der Waals surface area (Å²) in [6.45, 7) is -0.496. The maximum atomic E-state index is 13.9. The molecule has 4 aromatic rings. The Kier molecular flexibility index (Phi) is 7.14. The van der Waals surface area contributed by atoms with Crippen molar-refractivity contribution in [1.29, 1.82) is 0 Å². The number of hydrogen-bond acceptors (Lipinski definition) is 5. The third kappa shape index (κ3) is 5.27. The van der Waals surface area contributed by atoms with E-state index >= 15 is 0 Å². The Balaban J connectivity index is 1.67. The normalized spacial score (nSPS) is 11.4. The molecule has 0 atom stereocenters. The largest absolute Gasteiger partial charge is 0.496 e. The first-order chi connectivity index (χ1) is 17.1. The van der Waals surface area contributed by atoms with Crippen molar-refractivity contribution in [3.05, 3.63) is 86.7 Å². The van der Waals surface area contributed by atoms with Crippen molar-refractivity contribution < 1.29 is 31.9 Å². The number of para-hydroxylation sites is 1. The molecule has 4 rings (SSSR count). The quantitative estimate of drug-likeness (QED) is 0.292. The lowest BCUT2D eigenvalue weighted by molar-refractivity contribution is -0.152. The Bertz CT molecular complexity index is 1520. The Morgan fingerprint density at radius 3 is 2.53 bits per heavy atom. The van der Waals surface area contributed by atoms with E-state index in [2.05, 4.69) is 5.32 Å². The second-order valence-corrected chi connectivity index (χ2v) is 8.30. The van der Waals surface area contributed by atoms with Gasteiger partial charge in [-0.2, -0.15) is 13.2 Å². The van der Waals surface area contributed by atoms with E-state index in [9.17, 15) is 22.8 Å². The van der Waals surface area contributed by atoms with Gasteiger partial charge in [-0.05, 0) is 36.4 Å². The Hall–Kier alpha value is -3.69. The number of carbonyl (C=O) groups excluding carboxylic acids is 1. The average Bonchev–Trinajstić information content (AvgIpc) is 2.84. The molecule has 0 spiro atoms. The van der Waals surface area contributed by atoms with Gasteiger partial charge in [0.15, 0.2) is 6.61 Å². The molecular formula is C25H16Cl2F3NO5. The standard InChI is InChI=1S/C25H16Cl2F3NO5/c1-34-19-5-3-2-4-15(19)22-23(33)16-8-7-14(11-20(16)36-24(22)25(28,29)30)35-12-21(32)31-18-10-13(26)6-9-17(18)27/h2-11H,12H2,1H3,(H,31,32). The molecule has 186 valence electrons. The summed E-state index contributed by atoms with van der Waals surface area (Å²) < 4.78 is 57.5. The predicted molar refractivity (Wildman–Crippen MR) is 130 cm³/mol. The smallest absolute Gasteiger partial charge is 0.450 e. The average molecular weight is 538 g/mol. The highest BCUT2D eigenvalue weighted by Crippen LogP contribution is 2.40. The summed E-state index contributed by atoms with van der Waals surface area (Å²) in [6, 6.07) is 14.1. The lowest BCUT2D eigenvalue weighted by Crippen LogP contribution is -2.20. The minimum absolute atomic E-state index is 0.0103. The number of ether oxygens (including phenoxy) is 2. The number of alkyl halides is 3. The van der Waals surface area contributed by atoms with Crippen molar-refractivity contribution >= 4 is 45.8 Å². The molecule has 36 heavy (non-hydrogen) atoms. The van der Waals surface area contributed by atoms with Gasteiger partial charge in [-0.15, -0.1) is 0 Å². The number of rotatable bonds is 6.